The lowest BCUT2D eigenvalue weighted by molar-refractivity contribution is -0.113. The Labute approximate surface area is 196 Å². The van der Waals surface area contributed by atoms with Crippen LogP contribution in [-0.2, 0) is 11.2 Å². The van der Waals surface area contributed by atoms with Crippen LogP contribution in [0.15, 0.2) is 55.7 Å². The van der Waals surface area contributed by atoms with Gasteiger partial charge in [0.2, 0.25) is 5.91 Å². The van der Waals surface area contributed by atoms with Gasteiger partial charge in [0.25, 0.3) is 5.56 Å². The molecule has 1 aromatic carbocycles. The molecule has 13 heteroatoms. The van der Waals surface area contributed by atoms with E-state index in [9.17, 15) is 14.4 Å². The Morgan fingerprint density at radius 2 is 1.97 bits per heavy atom. The number of thioether (sulfide) groups is 1. The van der Waals surface area contributed by atoms with Crippen molar-refractivity contribution in [1.82, 2.24) is 29.9 Å². The lowest BCUT2D eigenvalue weighted by atomic mass is 10.2. The van der Waals surface area contributed by atoms with Crippen LogP contribution in [0.3, 0.4) is 0 Å². The minimum Gasteiger partial charge on any atom is -0.494 e. The van der Waals surface area contributed by atoms with Crippen molar-refractivity contribution in [3.05, 3.63) is 74.5 Å². The third kappa shape index (κ3) is 5.61. The van der Waals surface area contributed by atoms with Gasteiger partial charge >= 0.3 is 5.69 Å². The Morgan fingerprint density at radius 3 is 2.65 bits per heavy atom. The summed E-state index contributed by atoms with van der Waals surface area (Å²) >= 11 is 1.18. The van der Waals surface area contributed by atoms with E-state index in [4.69, 9.17) is 9.26 Å². The maximum absolute atomic E-state index is 12.4. The Bertz CT molecular complexity index is 1380. The maximum Gasteiger partial charge on any atom is 0.325 e. The molecule has 0 aliphatic heterocycles. The summed E-state index contributed by atoms with van der Waals surface area (Å²) < 4.78 is 12.2. The third-order valence-electron chi connectivity index (χ3n) is 4.50. The molecule has 0 spiro atoms. The number of ether oxygens (including phenoxy) is 1. The van der Waals surface area contributed by atoms with E-state index >= 15 is 0 Å². The van der Waals surface area contributed by atoms with Crippen molar-refractivity contribution in [2.75, 3.05) is 17.7 Å². The molecule has 0 unspecified atom stereocenters. The van der Waals surface area contributed by atoms with Crippen LogP contribution in [0.2, 0.25) is 0 Å². The van der Waals surface area contributed by atoms with Gasteiger partial charge in [0, 0.05) is 29.9 Å². The molecule has 0 fully saturated rings. The SMILES string of the molecule is CCOc1ccc(-n2c(Cc3cc(=O)[nH]c(=O)[nH]3)nnc2SCC(=O)Nc2cc(C)on2)cc1. The molecule has 176 valence electrons. The molecule has 4 aromatic rings. The first kappa shape index (κ1) is 23.0. The average molecular weight is 484 g/mol. The summed E-state index contributed by atoms with van der Waals surface area (Å²) in [4.78, 5) is 40.5. The van der Waals surface area contributed by atoms with Crippen LogP contribution in [0.25, 0.3) is 5.69 Å². The quantitative estimate of drug-likeness (QED) is 0.301. The largest absolute Gasteiger partial charge is 0.494 e. The van der Waals surface area contributed by atoms with Crippen molar-refractivity contribution in [2.24, 2.45) is 0 Å². The summed E-state index contributed by atoms with van der Waals surface area (Å²) in [5.74, 6) is 1.84. The van der Waals surface area contributed by atoms with E-state index in [0.29, 0.717) is 40.6 Å². The van der Waals surface area contributed by atoms with E-state index < -0.39 is 11.2 Å². The van der Waals surface area contributed by atoms with Gasteiger partial charge in [0.15, 0.2) is 11.0 Å². The molecule has 4 rings (SSSR count). The lowest BCUT2D eigenvalue weighted by Gasteiger charge is -2.11. The number of aromatic amines is 2. The molecular weight excluding hydrogens is 462 g/mol. The first-order chi connectivity index (χ1) is 16.4. The molecule has 0 bridgehead atoms. The van der Waals surface area contributed by atoms with Crippen LogP contribution in [0.1, 0.15) is 24.2 Å². The number of benzene rings is 1. The van der Waals surface area contributed by atoms with E-state index in [1.54, 1.807) is 17.6 Å². The zero-order valence-corrected chi connectivity index (χ0v) is 19.1. The fourth-order valence-electron chi connectivity index (χ4n) is 3.15. The molecule has 0 aliphatic rings. The minimum absolute atomic E-state index is 0.0446. The lowest BCUT2D eigenvalue weighted by Crippen LogP contribution is -2.23. The second-order valence-corrected chi connectivity index (χ2v) is 8.05. The second-order valence-electron chi connectivity index (χ2n) is 7.11. The number of aromatic nitrogens is 6. The molecule has 34 heavy (non-hydrogen) atoms. The summed E-state index contributed by atoms with van der Waals surface area (Å²) in [5.41, 5.74) is -0.0149. The molecular formula is C21H21N7O5S. The van der Waals surface area contributed by atoms with Crippen LogP contribution < -0.4 is 21.3 Å². The van der Waals surface area contributed by atoms with Crippen molar-refractivity contribution in [1.29, 1.82) is 0 Å². The topological polar surface area (TPSA) is 161 Å². The van der Waals surface area contributed by atoms with Crippen molar-refractivity contribution in [2.45, 2.75) is 25.4 Å². The van der Waals surface area contributed by atoms with E-state index in [0.717, 1.165) is 5.69 Å². The number of carbonyl (C=O) groups excluding carboxylic acids is 1. The molecule has 0 aliphatic carbocycles. The van der Waals surface area contributed by atoms with Crippen LogP contribution in [0, 0.1) is 6.92 Å². The zero-order valence-electron chi connectivity index (χ0n) is 18.3. The van der Waals surface area contributed by atoms with Crippen molar-refractivity contribution in [3.63, 3.8) is 0 Å². The van der Waals surface area contributed by atoms with Crippen LogP contribution in [0.5, 0.6) is 5.75 Å². The fourth-order valence-corrected chi connectivity index (χ4v) is 3.92. The molecule has 0 saturated heterocycles. The highest BCUT2D eigenvalue weighted by Crippen LogP contribution is 2.25. The van der Waals surface area contributed by atoms with Gasteiger partial charge in [-0.1, -0.05) is 16.9 Å². The molecule has 0 radical (unpaired) electrons. The monoisotopic (exact) mass is 483 g/mol. The molecule has 1 amide bonds. The fraction of sp³-hybridized carbons (Fsp3) is 0.238. The smallest absolute Gasteiger partial charge is 0.325 e. The van der Waals surface area contributed by atoms with Crippen molar-refractivity contribution in [3.8, 4) is 11.4 Å². The van der Waals surface area contributed by atoms with Crippen LogP contribution in [0.4, 0.5) is 5.82 Å². The number of hydrogen-bond acceptors (Lipinski definition) is 9. The normalized spacial score (nSPS) is 10.9. The Hall–Kier alpha value is -4.13. The molecule has 12 nitrogen and oxygen atoms in total. The van der Waals surface area contributed by atoms with Crippen molar-refractivity contribution >= 4 is 23.5 Å². The predicted molar refractivity (Wildman–Crippen MR) is 124 cm³/mol. The summed E-state index contributed by atoms with van der Waals surface area (Å²) in [6, 6.07) is 10.2. The highest BCUT2D eigenvalue weighted by molar-refractivity contribution is 7.99. The zero-order chi connectivity index (χ0) is 24.1. The summed E-state index contributed by atoms with van der Waals surface area (Å²) in [7, 11) is 0. The average Bonchev–Trinajstić information content (AvgIpc) is 3.38. The van der Waals surface area contributed by atoms with Gasteiger partial charge in [-0.3, -0.25) is 19.1 Å². The van der Waals surface area contributed by atoms with E-state index in [1.165, 1.54) is 17.8 Å². The van der Waals surface area contributed by atoms with Gasteiger partial charge in [0.05, 0.1) is 12.4 Å². The van der Waals surface area contributed by atoms with Gasteiger partial charge in [-0.2, -0.15) is 0 Å². The van der Waals surface area contributed by atoms with Crippen LogP contribution in [-0.4, -0.2) is 48.2 Å². The summed E-state index contributed by atoms with van der Waals surface area (Å²) in [6.07, 6.45) is 0.143. The number of nitrogens with one attached hydrogen (secondary N) is 3. The predicted octanol–water partition coefficient (Wildman–Crippen LogP) is 1.66. The number of rotatable bonds is 9. The van der Waals surface area contributed by atoms with Crippen LogP contribution >= 0.6 is 11.8 Å². The number of nitrogens with zero attached hydrogens (tertiary/aromatic N) is 4. The first-order valence-corrected chi connectivity index (χ1v) is 11.3. The van der Waals surface area contributed by atoms with Gasteiger partial charge in [-0.15, -0.1) is 10.2 Å². The number of anilines is 1. The number of hydrogen-bond donors (Lipinski definition) is 3. The molecule has 3 heterocycles. The minimum atomic E-state index is -0.607. The second kappa shape index (κ2) is 10.2. The number of H-pyrrole nitrogens is 2. The van der Waals surface area contributed by atoms with E-state index in [2.05, 4.69) is 30.6 Å². The van der Waals surface area contributed by atoms with Crippen molar-refractivity contribution < 1.29 is 14.1 Å². The highest BCUT2D eigenvalue weighted by Gasteiger charge is 2.18. The third-order valence-corrected chi connectivity index (χ3v) is 5.43. The van der Waals surface area contributed by atoms with Gasteiger partial charge < -0.3 is 19.6 Å². The highest BCUT2D eigenvalue weighted by atomic mass is 32.2. The molecule has 3 aromatic heterocycles. The Balaban J connectivity index is 1.60. The number of carbonyl (C=O) groups is 1. The van der Waals surface area contributed by atoms with Gasteiger partial charge in [-0.25, -0.2) is 4.79 Å². The van der Waals surface area contributed by atoms with Gasteiger partial charge in [0.1, 0.15) is 17.3 Å². The molecule has 0 saturated carbocycles. The van der Waals surface area contributed by atoms with Gasteiger partial charge in [-0.05, 0) is 38.1 Å². The summed E-state index contributed by atoms with van der Waals surface area (Å²) in [5, 5.41) is 15.3. The summed E-state index contributed by atoms with van der Waals surface area (Å²) in [6.45, 7) is 4.16. The Kier molecular flexibility index (Phi) is 6.92. The maximum atomic E-state index is 12.4. The molecule has 3 N–H and O–H groups in total. The number of aryl methyl sites for hydroxylation is 1. The standard InChI is InChI=1S/C21H21N7O5S/c1-3-32-15-6-4-14(5-7-15)28-17(9-13-10-18(29)24-20(31)22-13)25-26-21(28)34-11-19(30)23-16-8-12(2)33-27-16/h4-8,10H,3,9,11H2,1-2H3,(H,23,27,30)(H2,22,24,29,31). The Morgan fingerprint density at radius 1 is 1.18 bits per heavy atom. The van der Waals surface area contributed by atoms with E-state index in [-0.39, 0.29) is 18.1 Å². The number of amides is 1. The molecule has 0 atom stereocenters. The van der Waals surface area contributed by atoms with E-state index in [1.807, 2.05) is 31.2 Å². The first-order valence-electron chi connectivity index (χ1n) is 10.3.